The van der Waals surface area contributed by atoms with Crippen LogP contribution in [-0.4, -0.2) is 35.4 Å². The molecule has 32 heavy (non-hydrogen) atoms. The number of halogens is 2. The SMILES string of the molecule is CC[C@@H](C)NC(=O)[C@@H](C)N(Cc1c(Cl)cccc1Cl)C(=O)COc1ccccc1C(C)C. The molecule has 0 aromatic heterocycles. The van der Waals surface area contributed by atoms with E-state index in [1.807, 2.05) is 38.1 Å². The summed E-state index contributed by atoms with van der Waals surface area (Å²) in [6.45, 7) is 9.64. The van der Waals surface area contributed by atoms with E-state index in [1.165, 1.54) is 4.90 Å². The van der Waals surface area contributed by atoms with Crippen LogP contribution in [0, 0.1) is 0 Å². The number of hydrogen-bond donors (Lipinski definition) is 1. The number of rotatable bonds is 10. The summed E-state index contributed by atoms with van der Waals surface area (Å²) in [5.74, 6) is 0.340. The maximum absolute atomic E-state index is 13.3. The van der Waals surface area contributed by atoms with Crippen LogP contribution in [0.2, 0.25) is 10.0 Å². The summed E-state index contributed by atoms with van der Waals surface area (Å²) in [5, 5.41) is 3.82. The Bertz CT molecular complexity index is 913. The van der Waals surface area contributed by atoms with E-state index in [1.54, 1.807) is 25.1 Å². The minimum Gasteiger partial charge on any atom is -0.483 e. The average molecular weight is 479 g/mol. The number of carbonyl (C=O) groups is 2. The molecule has 0 aliphatic heterocycles. The van der Waals surface area contributed by atoms with Crippen LogP contribution in [-0.2, 0) is 16.1 Å². The van der Waals surface area contributed by atoms with Gasteiger partial charge in [-0.15, -0.1) is 0 Å². The van der Waals surface area contributed by atoms with Crippen LogP contribution in [0.4, 0.5) is 0 Å². The van der Waals surface area contributed by atoms with Crippen LogP contribution in [0.3, 0.4) is 0 Å². The van der Waals surface area contributed by atoms with Gasteiger partial charge in [0.05, 0.1) is 0 Å². The first kappa shape index (κ1) is 26.0. The molecule has 2 rings (SSSR count). The van der Waals surface area contributed by atoms with Gasteiger partial charge in [0.1, 0.15) is 11.8 Å². The van der Waals surface area contributed by atoms with Crippen LogP contribution in [0.25, 0.3) is 0 Å². The Morgan fingerprint density at radius 2 is 1.62 bits per heavy atom. The topological polar surface area (TPSA) is 58.6 Å². The molecular weight excluding hydrogens is 447 g/mol. The molecule has 0 bridgehead atoms. The molecule has 2 atom stereocenters. The maximum atomic E-state index is 13.3. The fraction of sp³-hybridized carbons (Fsp3) is 0.440. The highest BCUT2D eigenvalue weighted by molar-refractivity contribution is 6.36. The number of amides is 2. The van der Waals surface area contributed by atoms with E-state index in [4.69, 9.17) is 27.9 Å². The van der Waals surface area contributed by atoms with Crippen molar-refractivity contribution in [2.24, 2.45) is 0 Å². The largest absolute Gasteiger partial charge is 0.483 e. The third-order valence-corrected chi connectivity index (χ3v) is 6.16. The van der Waals surface area contributed by atoms with Gasteiger partial charge < -0.3 is 15.0 Å². The summed E-state index contributed by atoms with van der Waals surface area (Å²) in [6, 6.07) is 12.1. The highest BCUT2D eigenvalue weighted by Crippen LogP contribution is 2.28. The van der Waals surface area contributed by atoms with Crippen molar-refractivity contribution >= 4 is 35.0 Å². The Balaban J connectivity index is 2.27. The van der Waals surface area contributed by atoms with Gasteiger partial charge in [0.25, 0.3) is 5.91 Å². The zero-order valence-corrected chi connectivity index (χ0v) is 20.8. The van der Waals surface area contributed by atoms with E-state index in [2.05, 4.69) is 19.2 Å². The second-order valence-electron chi connectivity index (χ2n) is 8.20. The van der Waals surface area contributed by atoms with Gasteiger partial charge in [0.15, 0.2) is 6.61 Å². The molecule has 2 amide bonds. The normalized spacial score (nSPS) is 12.9. The highest BCUT2D eigenvalue weighted by atomic mass is 35.5. The van der Waals surface area contributed by atoms with E-state index >= 15 is 0 Å². The fourth-order valence-corrected chi connectivity index (χ4v) is 3.73. The molecule has 0 unspecified atom stereocenters. The average Bonchev–Trinajstić information content (AvgIpc) is 2.76. The van der Waals surface area contributed by atoms with Crippen molar-refractivity contribution < 1.29 is 14.3 Å². The number of nitrogens with zero attached hydrogens (tertiary/aromatic N) is 1. The molecule has 2 aromatic carbocycles. The molecule has 5 nitrogen and oxygen atoms in total. The van der Waals surface area contributed by atoms with E-state index in [0.29, 0.717) is 21.4 Å². The summed E-state index contributed by atoms with van der Waals surface area (Å²) in [6.07, 6.45) is 0.790. The molecule has 0 heterocycles. The summed E-state index contributed by atoms with van der Waals surface area (Å²) >= 11 is 12.7. The lowest BCUT2D eigenvalue weighted by atomic mass is 10.0. The van der Waals surface area contributed by atoms with E-state index < -0.39 is 6.04 Å². The van der Waals surface area contributed by atoms with Gasteiger partial charge in [-0.25, -0.2) is 0 Å². The summed E-state index contributed by atoms with van der Waals surface area (Å²) in [5.41, 5.74) is 1.61. The predicted molar refractivity (Wildman–Crippen MR) is 130 cm³/mol. The molecule has 0 saturated carbocycles. The second kappa shape index (κ2) is 12.1. The minimum absolute atomic E-state index is 0.0000259. The van der Waals surface area contributed by atoms with Gasteiger partial charge in [-0.1, -0.05) is 68.2 Å². The van der Waals surface area contributed by atoms with Crippen molar-refractivity contribution in [3.8, 4) is 5.75 Å². The Morgan fingerprint density at radius 3 is 2.22 bits per heavy atom. The summed E-state index contributed by atoms with van der Waals surface area (Å²) in [7, 11) is 0. The summed E-state index contributed by atoms with van der Waals surface area (Å²) < 4.78 is 5.88. The lowest BCUT2D eigenvalue weighted by Gasteiger charge is -2.30. The van der Waals surface area contributed by atoms with Gasteiger partial charge in [-0.2, -0.15) is 0 Å². The van der Waals surface area contributed by atoms with Crippen molar-refractivity contribution in [3.05, 3.63) is 63.6 Å². The van der Waals surface area contributed by atoms with Crippen molar-refractivity contribution in [2.75, 3.05) is 6.61 Å². The van der Waals surface area contributed by atoms with Gasteiger partial charge in [0.2, 0.25) is 5.91 Å². The molecule has 0 spiro atoms. The zero-order valence-electron chi connectivity index (χ0n) is 19.3. The van der Waals surface area contributed by atoms with Gasteiger partial charge in [0, 0.05) is 28.2 Å². The first-order chi connectivity index (χ1) is 15.1. The van der Waals surface area contributed by atoms with Crippen molar-refractivity contribution in [1.82, 2.24) is 10.2 Å². The number of nitrogens with one attached hydrogen (secondary N) is 1. The van der Waals surface area contributed by atoms with Crippen LogP contribution in [0.5, 0.6) is 5.75 Å². The first-order valence-corrected chi connectivity index (χ1v) is 11.7. The van der Waals surface area contributed by atoms with E-state index in [-0.39, 0.29) is 36.9 Å². The van der Waals surface area contributed by atoms with Crippen molar-refractivity contribution in [3.63, 3.8) is 0 Å². The lowest BCUT2D eigenvalue weighted by Crippen LogP contribution is -2.50. The zero-order chi connectivity index (χ0) is 23.8. The molecule has 0 saturated heterocycles. The maximum Gasteiger partial charge on any atom is 0.261 e. The monoisotopic (exact) mass is 478 g/mol. The first-order valence-electron chi connectivity index (χ1n) is 10.9. The molecule has 0 aliphatic carbocycles. The fourth-order valence-electron chi connectivity index (χ4n) is 3.21. The lowest BCUT2D eigenvalue weighted by molar-refractivity contribution is -0.142. The molecule has 0 aliphatic rings. The number of ether oxygens (including phenoxy) is 1. The molecule has 7 heteroatoms. The van der Waals surface area contributed by atoms with Crippen LogP contribution >= 0.6 is 23.2 Å². The highest BCUT2D eigenvalue weighted by Gasteiger charge is 2.28. The molecule has 1 N–H and O–H groups in total. The number of benzene rings is 2. The van der Waals surface area contributed by atoms with Crippen LogP contribution < -0.4 is 10.1 Å². The standard InChI is InChI=1S/C25H32Cl2N2O3/c1-6-17(4)28-25(31)18(5)29(14-20-21(26)11-9-12-22(20)27)24(30)15-32-23-13-8-7-10-19(23)16(2)3/h7-13,16-18H,6,14-15H2,1-5H3,(H,28,31)/t17-,18-/m1/s1. The van der Waals surface area contributed by atoms with Crippen LogP contribution in [0.1, 0.15) is 58.1 Å². The quantitative estimate of drug-likeness (QED) is 0.467. The molecule has 0 fully saturated rings. The third kappa shape index (κ3) is 6.88. The third-order valence-electron chi connectivity index (χ3n) is 5.45. The minimum atomic E-state index is -0.729. The Hall–Kier alpha value is -2.24. The Kier molecular flexibility index (Phi) is 9.85. The number of hydrogen-bond acceptors (Lipinski definition) is 3. The van der Waals surface area contributed by atoms with Crippen molar-refractivity contribution in [1.29, 1.82) is 0 Å². The Labute approximate surface area is 201 Å². The Morgan fingerprint density at radius 1 is 1.00 bits per heavy atom. The summed E-state index contributed by atoms with van der Waals surface area (Å²) in [4.78, 5) is 27.5. The van der Waals surface area contributed by atoms with Gasteiger partial charge in [-0.05, 0) is 49.9 Å². The van der Waals surface area contributed by atoms with Gasteiger partial charge >= 0.3 is 0 Å². The molecular formula is C25H32Cl2N2O3. The van der Waals surface area contributed by atoms with Crippen molar-refractivity contribution in [2.45, 2.75) is 65.6 Å². The smallest absolute Gasteiger partial charge is 0.261 e. The molecule has 0 radical (unpaired) electrons. The molecule has 2 aromatic rings. The number of carbonyl (C=O) groups excluding carboxylic acids is 2. The predicted octanol–water partition coefficient (Wildman–Crippen LogP) is 5.83. The second-order valence-corrected chi connectivity index (χ2v) is 9.01. The molecule has 174 valence electrons. The van der Waals surface area contributed by atoms with Gasteiger partial charge in [-0.3, -0.25) is 9.59 Å². The van der Waals surface area contributed by atoms with E-state index in [0.717, 1.165) is 12.0 Å². The number of para-hydroxylation sites is 1. The van der Waals surface area contributed by atoms with Crippen LogP contribution in [0.15, 0.2) is 42.5 Å². The van der Waals surface area contributed by atoms with E-state index in [9.17, 15) is 9.59 Å².